The Morgan fingerprint density at radius 3 is 2.37 bits per heavy atom. The maximum Gasteiger partial charge on any atom is 0.513 e. The van der Waals surface area contributed by atoms with Crippen LogP contribution in [0.15, 0.2) is 24.3 Å². The molecular weight excluding hydrogens is 248 g/mol. The lowest BCUT2D eigenvalue weighted by Gasteiger charge is -2.14. The quantitative estimate of drug-likeness (QED) is 0.605. The van der Waals surface area contributed by atoms with Crippen LogP contribution in [0.1, 0.15) is 32.3 Å². The largest absolute Gasteiger partial charge is 0.513 e. The number of esters is 1. The van der Waals surface area contributed by atoms with Crippen LogP contribution in [-0.2, 0) is 14.3 Å². The molecule has 0 saturated heterocycles. The lowest BCUT2D eigenvalue weighted by atomic mass is 10.0. The van der Waals surface area contributed by atoms with Crippen molar-refractivity contribution < 1.29 is 23.8 Å². The van der Waals surface area contributed by atoms with Crippen molar-refractivity contribution >= 4 is 12.1 Å². The molecule has 0 aliphatic rings. The maximum absolute atomic E-state index is 11.7. The van der Waals surface area contributed by atoms with E-state index < -0.39 is 12.1 Å². The molecule has 5 nitrogen and oxygen atoms in total. The molecule has 5 heteroatoms. The Labute approximate surface area is 112 Å². The van der Waals surface area contributed by atoms with Crippen LogP contribution in [0.4, 0.5) is 4.79 Å². The minimum absolute atomic E-state index is 0.231. The molecule has 0 fully saturated rings. The van der Waals surface area contributed by atoms with Gasteiger partial charge in [0.2, 0.25) is 0 Å². The van der Waals surface area contributed by atoms with Crippen molar-refractivity contribution in [1.82, 2.24) is 0 Å². The van der Waals surface area contributed by atoms with E-state index in [1.807, 2.05) is 0 Å². The van der Waals surface area contributed by atoms with Crippen molar-refractivity contribution in [2.45, 2.75) is 26.7 Å². The van der Waals surface area contributed by atoms with Gasteiger partial charge in [-0.05, 0) is 26.8 Å². The molecule has 0 radical (unpaired) electrons. The third-order valence-corrected chi connectivity index (χ3v) is 2.48. The zero-order valence-corrected chi connectivity index (χ0v) is 11.3. The molecular formula is C14H18O5. The predicted molar refractivity (Wildman–Crippen MR) is 69.1 cm³/mol. The highest BCUT2D eigenvalue weighted by molar-refractivity contribution is 5.79. The van der Waals surface area contributed by atoms with Crippen molar-refractivity contribution in [2.75, 3.05) is 13.2 Å². The molecule has 0 heterocycles. The summed E-state index contributed by atoms with van der Waals surface area (Å²) in [6.45, 7) is 5.67. The van der Waals surface area contributed by atoms with Crippen LogP contribution < -0.4 is 4.74 Å². The minimum Gasteiger partial charge on any atom is -0.466 e. The summed E-state index contributed by atoms with van der Waals surface area (Å²) in [6, 6.07) is 6.82. The van der Waals surface area contributed by atoms with Crippen LogP contribution in [0, 0.1) is 0 Å². The molecule has 1 atom stereocenters. The minimum atomic E-state index is -0.786. The summed E-state index contributed by atoms with van der Waals surface area (Å²) in [6.07, 6.45) is -0.786. The van der Waals surface area contributed by atoms with Gasteiger partial charge in [0.15, 0.2) is 0 Å². The van der Waals surface area contributed by atoms with Crippen LogP contribution >= 0.6 is 0 Å². The summed E-state index contributed by atoms with van der Waals surface area (Å²) < 4.78 is 14.7. The van der Waals surface area contributed by atoms with Gasteiger partial charge in [0.25, 0.3) is 0 Å². The highest BCUT2D eigenvalue weighted by Crippen LogP contribution is 2.27. The third-order valence-electron chi connectivity index (χ3n) is 2.48. The first kappa shape index (κ1) is 15.0. The average Bonchev–Trinajstić information content (AvgIpc) is 2.39. The van der Waals surface area contributed by atoms with Gasteiger partial charge in [0.1, 0.15) is 5.75 Å². The maximum atomic E-state index is 11.7. The van der Waals surface area contributed by atoms with Crippen LogP contribution in [0.25, 0.3) is 0 Å². The summed E-state index contributed by atoms with van der Waals surface area (Å²) in [7, 11) is 0. The van der Waals surface area contributed by atoms with Gasteiger partial charge in [-0.15, -0.1) is 0 Å². The number of ether oxygens (including phenoxy) is 3. The van der Waals surface area contributed by atoms with E-state index >= 15 is 0 Å². The Morgan fingerprint density at radius 1 is 1.11 bits per heavy atom. The molecule has 0 aliphatic heterocycles. The van der Waals surface area contributed by atoms with Gasteiger partial charge in [-0.3, -0.25) is 4.79 Å². The van der Waals surface area contributed by atoms with E-state index in [1.165, 1.54) is 0 Å². The van der Waals surface area contributed by atoms with Gasteiger partial charge >= 0.3 is 12.1 Å². The fourth-order valence-electron chi connectivity index (χ4n) is 1.56. The Kier molecular flexibility index (Phi) is 5.85. The van der Waals surface area contributed by atoms with E-state index in [9.17, 15) is 9.59 Å². The third kappa shape index (κ3) is 4.28. The van der Waals surface area contributed by atoms with Gasteiger partial charge in [0, 0.05) is 5.56 Å². The SMILES string of the molecule is CCOC(=O)Oc1ccccc1C(C)C(=O)OCC. The number of hydrogen-bond acceptors (Lipinski definition) is 5. The molecule has 1 unspecified atom stereocenters. The van der Waals surface area contributed by atoms with E-state index in [2.05, 4.69) is 0 Å². The van der Waals surface area contributed by atoms with Crippen molar-refractivity contribution in [3.05, 3.63) is 29.8 Å². The Hall–Kier alpha value is -2.04. The highest BCUT2D eigenvalue weighted by atomic mass is 16.7. The fourth-order valence-corrected chi connectivity index (χ4v) is 1.56. The monoisotopic (exact) mass is 266 g/mol. The van der Waals surface area contributed by atoms with E-state index in [-0.39, 0.29) is 12.6 Å². The number of hydrogen-bond donors (Lipinski definition) is 0. The van der Waals surface area contributed by atoms with Gasteiger partial charge in [0.05, 0.1) is 19.1 Å². The first-order chi connectivity index (χ1) is 9.10. The summed E-state index contributed by atoms with van der Waals surface area (Å²) >= 11 is 0. The highest BCUT2D eigenvalue weighted by Gasteiger charge is 2.21. The van der Waals surface area contributed by atoms with Crippen LogP contribution in [0.3, 0.4) is 0 Å². The lowest BCUT2D eigenvalue weighted by molar-refractivity contribution is -0.144. The molecule has 0 saturated carbocycles. The molecule has 19 heavy (non-hydrogen) atoms. The van der Waals surface area contributed by atoms with Crippen LogP contribution in [0.5, 0.6) is 5.75 Å². The van der Waals surface area contributed by atoms with E-state index in [0.717, 1.165) is 0 Å². The number of carbonyl (C=O) groups is 2. The van der Waals surface area contributed by atoms with Gasteiger partial charge < -0.3 is 14.2 Å². The topological polar surface area (TPSA) is 61.8 Å². The number of para-hydroxylation sites is 1. The Bertz CT molecular complexity index is 441. The molecule has 0 bridgehead atoms. The van der Waals surface area contributed by atoms with Crippen molar-refractivity contribution in [1.29, 1.82) is 0 Å². The molecule has 1 aromatic rings. The number of benzene rings is 1. The summed E-state index contributed by atoms with van der Waals surface area (Å²) in [5, 5.41) is 0. The standard InChI is InChI=1S/C14H18O5/c1-4-17-13(15)10(3)11-8-6-7-9-12(11)19-14(16)18-5-2/h6-10H,4-5H2,1-3H3. The van der Waals surface area contributed by atoms with E-state index in [0.29, 0.717) is 17.9 Å². The van der Waals surface area contributed by atoms with Crippen LogP contribution in [-0.4, -0.2) is 25.3 Å². The molecule has 104 valence electrons. The second-order valence-electron chi connectivity index (χ2n) is 3.80. The predicted octanol–water partition coefficient (Wildman–Crippen LogP) is 2.89. The number of carbonyl (C=O) groups excluding carboxylic acids is 2. The molecule has 1 aromatic carbocycles. The zero-order chi connectivity index (χ0) is 14.3. The normalized spacial score (nSPS) is 11.5. The smallest absolute Gasteiger partial charge is 0.466 e. The van der Waals surface area contributed by atoms with Crippen molar-refractivity contribution in [3.63, 3.8) is 0 Å². The molecule has 0 spiro atoms. The van der Waals surface area contributed by atoms with E-state index in [1.54, 1.807) is 45.0 Å². The van der Waals surface area contributed by atoms with Crippen molar-refractivity contribution in [3.8, 4) is 5.75 Å². The molecule has 1 rings (SSSR count). The Balaban J connectivity index is 2.89. The molecule has 0 aliphatic carbocycles. The first-order valence-corrected chi connectivity index (χ1v) is 6.20. The summed E-state index contributed by atoms with van der Waals surface area (Å²) in [5.74, 6) is -0.561. The average molecular weight is 266 g/mol. The fraction of sp³-hybridized carbons (Fsp3) is 0.429. The Morgan fingerprint density at radius 2 is 1.74 bits per heavy atom. The van der Waals surface area contributed by atoms with Crippen molar-refractivity contribution in [2.24, 2.45) is 0 Å². The molecule has 0 amide bonds. The van der Waals surface area contributed by atoms with Gasteiger partial charge in [-0.1, -0.05) is 18.2 Å². The molecule has 0 N–H and O–H groups in total. The van der Waals surface area contributed by atoms with Gasteiger partial charge in [-0.25, -0.2) is 4.79 Å². The van der Waals surface area contributed by atoms with Crippen LogP contribution in [0.2, 0.25) is 0 Å². The zero-order valence-electron chi connectivity index (χ0n) is 11.3. The summed E-state index contributed by atoms with van der Waals surface area (Å²) in [5.41, 5.74) is 0.592. The first-order valence-electron chi connectivity index (χ1n) is 6.20. The van der Waals surface area contributed by atoms with Gasteiger partial charge in [-0.2, -0.15) is 0 Å². The summed E-state index contributed by atoms with van der Waals surface area (Å²) in [4.78, 5) is 23.0. The lowest BCUT2D eigenvalue weighted by Crippen LogP contribution is -2.16. The molecule has 0 aromatic heterocycles. The number of rotatable bonds is 5. The van der Waals surface area contributed by atoms with E-state index in [4.69, 9.17) is 14.2 Å². The second-order valence-corrected chi connectivity index (χ2v) is 3.80. The second kappa shape index (κ2) is 7.41.